The highest BCUT2D eigenvalue weighted by Crippen LogP contribution is 2.29. The third-order valence-electron chi connectivity index (χ3n) is 2.66. The summed E-state index contributed by atoms with van der Waals surface area (Å²) in [6.45, 7) is 2.89. The third-order valence-corrected chi connectivity index (χ3v) is 3.77. The van der Waals surface area contributed by atoms with Crippen LogP contribution in [0.3, 0.4) is 0 Å². The molecule has 0 saturated heterocycles. The summed E-state index contributed by atoms with van der Waals surface area (Å²) in [6, 6.07) is 8.08. The second-order valence-electron chi connectivity index (χ2n) is 4.24. The number of amides is 1. The van der Waals surface area contributed by atoms with Crippen LogP contribution in [0.2, 0.25) is 0 Å². The topological polar surface area (TPSA) is 67.2 Å². The van der Waals surface area contributed by atoms with Gasteiger partial charge in [-0.15, -0.1) is 11.3 Å². The van der Waals surface area contributed by atoms with E-state index < -0.39 is 0 Å². The summed E-state index contributed by atoms with van der Waals surface area (Å²) in [5.74, 6) is -0.438. The molecular formula is C14H16FN3OS. The number of carbonyl (C=O) groups is 1. The molecule has 2 aromatic rings. The van der Waals surface area contributed by atoms with Crippen molar-refractivity contribution in [2.24, 2.45) is 0 Å². The molecule has 0 unspecified atom stereocenters. The van der Waals surface area contributed by atoms with Gasteiger partial charge in [-0.25, -0.2) is 4.39 Å². The standard InChI is InChI=1S/C14H16FN3OS/c1-2-17-14(19)13-11(16)7-12(20-13)18-8-9-4-3-5-10(15)6-9/h3-7,18H,2,8,16H2,1H3,(H,17,19). The molecule has 106 valence electrons. The highest BCUT2D eigenvalue weighted by atomic mass is 32.1. The third kappa shape index (κ3) is 3.48. The Morgan fingerprint density at radius 2 is 2.20 bits per heavy atom. The second kappa shape index (κ2) is 6.38. The van der Waals surface area contributed by atoms with Crippen LogP contribution in [0.5, 0.6) is 0 Å². The van der Waals surface area contributed by atoms with Gasteiger partial charge in [-0.1, -0.05) is 12.1 Å². The van der Waals surface area contributed by atoms with Crippen molar-refractivity contribution in [2.45, 2.75) is 13.5 Å². The number of halogens is 1. The van der Waals surface area contributed by atoms with E-state index in [0.29, 0.717) is 23.7 Å². The van der Waals surface area contributed by atoms with E-state index in [2.05, 4.69) is 10.6 Å². The molecule has 0 aliphatic heterocycles. The minimum atomic E-state index is -0.266. The predicted octanol–water partition coefficient (Wildman–Crippen LogP) is 2.83. The molecule has 0 saturated carbocycles. The van der Waals surface area contributed by atoms with Crippen LogP contribution in [0.1, 0.15) is 22.2 Å². The molecule has 0 radical (unpaired) electrons. The predicted molar refractivity (Wildman–Crippen MR) is 80.5 cm³/mol. The zero-order valence-electron chi connectivity index (χ0n) is 11.1. The fraction of sp³-hybridized carbons (Fsp3) is 0.214. The molecule has 1 aromatic heterocycles. The van der Waals surface area contributed by atoms with Crippen LogP contribution in [0.15, 0.2) is 30.3 Å². The smallest absolute Gasteiger partial charge is 0.263 e. The Morgan fingerprint density at radius 3 is 2.90 bits per heavy atom. The summed E-state index contributed by atoms with van der Waals surface area (Å²) in [5, 5.41) is 6.63. The maximum atomic E-state index is 13.1. The van der Waals surface area contributed by atoms with Crippen LogP contribution in [-0.2, 0) is 6.54 Å². The maximum absolute atomic E-state index is 13.1. The molecule has 1 aromatic carbocycles. The van der Waals surface area contributed by atoms with E-state index in [1.807, 2.05) is 13.0 Å². The molecule has 0 fully saturated rings. The summed E-state index contributed by atoms with van der Waals surface area (Å²) in [6.07, 6.45) is 0. The lowest BCUT2D eigenvalue weighted by molar-refractivity contribution is 0.0960. The van der Waals surface area contributed by atoms with Gasteiger partial charge in [0.05, 0.1) is 10.7 Å². The Hall–Kier alpha value is -2.08. The molecule has 4 nitrogen and oxygen atoms in total. The SMILES string of the molecule is CCNC(=O)c1sc(NCc2cccc(F)c2)cc1N. The normalized spacial score (nSPS) is 10.3. The van der Waals surface area contributed by atoms with Crippen molar-refractivity contribution in [3.63, 3.8) is 0 Å². The van der Waals surface area contributed by atoms with Gasteiger partial charge in [-0.05, 0) is 30.7 Å². The second-order valence-corrected chi connectivity index (χ2v) is 5.29. The number of thiophene rings is 1. The molecule has 2 rings (SSSR count). The van der Waals surface area contributed by atoms with Gasteiger partial charge in [0.15, 0.2) is 0 Å². The van der Waals surface area contributed by atoms with Gasteiger partial charge < -0.3 is 16.4 Å². The minimum absolute atomic E-state index is 0.172. The van der Waals surface area contributed by atoms with Crippen LogP contribution in [-0.4, -0.2) is 12.5 Å². The van der Waals surface area contributed by atoms with E-state index in [4.69, 9.17) is 5.73 Å². The Morgan fingerprint density at radius 1 is 1.40 bits per heavy atom. The molecule has 0 bridgehead atoms. The lowest BCUT2D eigenvalue weighted by Gasteiger charge is -2.03. The summed E-state index contributed by atoms with van der Waals surface area (Å²) < 4.78 is 13.1. The van der Waals surface area contributed by atoms with Gasteiger partial charge in [0.2, 0.25) is 0 Å². The quantitative estimate of drug-likeness (QED) is 0.794. The van der Waals surface area contributed by atoms with Crippen molar-refractivity contribution in [1.82, 2.24) is 5.32 Å². The van der Waals surface area contributed by atoms with Gasteiger partial charge in [0.25, 0.3) is 5.91 Å². The molecule has 0 atom stereocenters. The average molecular weight is 293 g/mol. The molecule has 1 heterocycles. The van der Waals surface area contributed by atoms with Gasteiger partial charge >= 0.3 is 0 Å². The van der Waals surface area contributed by atoms with E-state index in [9.17, 15) is 9.18 Å². The van der Waals surface area contributed by atoms with Crippen LogP contribution < -0.4 is 16.4 Å². The number of anilines is 2. The van der Waals surface area contributed by atoms with Crippen molar-refractivity contribution >= 4 is 27.9 Å². The zero-order chi connectivity index (χ0) is 14.5. The lowest BCUT2D eigenvalue weighted by atomic mass is 10.2. The van der Waals surface area contributed by atoms with Crippen LogP contribution >= 0.6 is 11.3 Å². The molecule has 20 heavy (non-hydrogen) atoms. The van der Waals surface area contributed by atoms with E-state index >= 15 is 0 Å². The Balaban J connectivity index is 2.04. The number of nitrogens with one attached hydrogen (secondary N) is 2. The first-order valence-electron chi connectivity index (χ1n) is 6.26. The highest BCUT2D eigenvalue weighted by Gasteiger charge is 2.13. The number of hydrogen-bond acceptors (Lipinski definition) is 4. The molecular weight excluding hydrogens is 277 g/mol. The molecule has 4 N–H and O–H groups in total. The van der Waals surface area contributed by atoms with Crippen molar-refractivity contribution in [2.75, 3.05) is 17.6 Å². The van der Waals surface area contributed by atoms with Crippen LogP contribution in [0.25, 0.3) is 0 Å². The van der Waals surface area contributed by atoms with E-state index in [1.165, 1.54) is 23.5 Å². The van der Waals surface area contributed by atoms with E-state index in [1.54, 1.807) is 12.1 Å². The van der Waals surface area contributed by atoms with E-state index in [0.717, 1.165) is 10.6 Å². The first kappa shape index (κ1) is 14.3. The molecule has 0 aliphatic rings. The number of carbonyl (C=O) groups excluding carboxylic acids is 1. The molecule has 0 spiro atoms. The summed E-state index contributed by atoms with van der Waals surface area (Å²) in [7, 11) is 0. The highest BCUT2D eigenvalue weighted by molar-refractivity contribution is 7.18. The molecule has 0 aliphatic carbocycles. The van der Waals surface area contributed by atoms with Crippen LogP contribution in [0, 0.1) is 5.82 Å². The summed E-state index contributed by atoms with van der Waals surface area (Å²) >= 11 is 1.29. The Kier molecular flexibility index (Phi) is 4.57. The van der Waals surface area contributed by atoms with Crippen molar-refractivity contribution in [3.8, 4) is 0 Å². The van der Waals surface area contributed by atoms with Crippen molar-refractivity contribution in [1.29, 1.82) is 0 Å². The van der Waals surface area contributed by atoms with Gasteiger partial charge in [-0.2, -0.15) is 0 Å². The Labute approximate surface area is 120 Å². The van der Waals surface area contributed by atoms with Crippen molar-refractivity contribution in [3.05, 3.63) is 46.6 Å². The van der Waals surface area contributed by atoms with Crippen molar-refractivity contribution < 1.29 is 9.18 Å². The number of hydrogen-bond donors (Lipinski definition) is 3. The lowest BCUT2D eigenvalue weighted by Crippen LogP contribution is -2.22. The van der Waals surface area contributed by atoms with Gasteiger partial charge in [0.1, 0.15) is 10.7 Å². The largest absolute Gasteiger partial charge is 0.397 e. The number of benzene rings is 1. The maximum Gasteiger partial charge on any atom is 0.263 e. The fourth-order valence-electron chi connectivity index (χ4n) is 1.75. The van der Waals surface area contributed by atoms with Crippen LogP contribution in [0.4, 0.5) is 15.1 Å². The first-order chi connectivity index (χ1) is 9.60. The first-order valence-corrected chi connectivity index (χ1v) is 7.07. The number of nitrogen functional groups attached to an aromatic ring is 1. The zero-order valence-corrected chi connectivity index (χ0v) is 11.9. The molecule has 1 amide bonds. The summed E-state index contributed by atoms with van der Waals surface area (Å²) in [4.78, 5) is 12.2. The summed E-state index contributed by atoms with van der Waals surface area (Å²) in [5.41, 5.74) is 7.09. The average Bonchev–Trinajstić information content (AvgIpc) is 2.78. The van der Waals surface area contributed by atoms with Gasteiger partial charge in [0, 0.05) is 13.1 Å². The molecule has 6 heteroatoms. The monoisotopic (exact) mass is 293 g/mol. The fourth-order valence-corrected chi connectivity index (χ4v) is 2.64. The Bertz CT molecular complexity index is 612. The van der Waals surface area contributed by atoms with E-state index in [-0.39, 0.29) is 11.7 Å². The van der Waals surface area contributed by atoms with Gasteiger partial charge in [-0.3, -0.25) is 4.79 Å². The minimum Gasteiger partial charge on any atom is -0.397 e. The number of nitrogens with two attached hydrogens (primary N) is 1. The number of rotatable bonds is 5.